The summed E-state index contributed by atoms with van der Waals surface area (Å²) >= 11 is 3.33. The Labute approximate surface area is 79.2 Å². The van der Waals surface area contributed by atoms with Crippen LogP contribution in [0.3, 0.4) is 0 Å². The number of nitrogens with zero attached hydrogens (tertiary/aromatic N) is 3. The zero-order valence-electron chi connectivity index (χ0n) is 6.61. The van der Waals surface area contributed by atoms with Crippen molar-refractivity contribution in [3.8, 4) is 0 Å². The normalized spacial score (nSPS) is 11.8. The molecule has 0 saturated carbocycles. The molecule has 1 atom stereocenters. The van der Waals surface area contributed by atoms with Crippen molar-refractivity contribution in [2.75, 3.05) is 0 Å². The van der Waals surface area contributed by atoms with Gasteiger partial charge in [0.25, 0.3) is 0 Å². The summed E-state index contributed by atoms with van der Waals surface area (Å²) in [6.07, 6.45) is 0. The van der Waals surface area contributed by atoms with Crippen molar-refractivity contribution in [2.45, 2.75) is 13.0 Å². The van der Waals surface area contributed by atoms with Gasteiger partial charge in [-0.3, -0.25) is 0 Å². The van der Waals surface area contributed by atoms with E-state index in [1.165, 1.54) is 0 Å². The summed E-state index contributed by atoms with van der Waals surface area (Å²) in [6, 6.07) is 7.63. The van der Waals surface area contributed by atoms with E-state index in [4.69, 9.17) is 5.53 Å². The first-order valence-electron chi connectivity index (χ1n) is 3.53. The Hall–Kier alpha value is -0.990. The molecule has 0 heterocycles. The van der Waals surface area contributed by atoms with Gasteiger partial charge in [-0.25, -0.2) is 0 Å². The molecule has 0 N–H and O–H groups in total. The van der Waals surface area contributed by atoms with Gasteiger partial charge in [0.15, 0.2) is 0 Å². The van der Waals surface area contributed by atoms with E-state index in [1.54, 1.807) is 0 Å². The van der Waals surface area contributed by atoms with Crippen molar-refractivity contribution in [2.24, 2.45) is 5.11 Å². The van der Waals surface area contributed by atoms with E-state index in [2.05, 4.69) is 26.0 Å². The van der Waals surface area contributed by atoms with Crippen LogP contribution in [-0.2, 0) is 0 Å². The van der Waals surface area contributed by atoms with Crippen LogP contribution in [0.4, 0.5) is 0 Å². The van der Waals surface area contributed by atoms with Gasteiger partial charge in [0.1, 0.15) is 0 Å². The van der Waals surface area contributed by atoms with Crippen LogP contribution in [-0.4, -0.2) is 0 Å². The second-order valence-electron chi connectivity index (χ2n) is 2.43. The summed E-state index contributed by atoms with van der Waals surface area (Å²) in [6.45, 7) is 1.86. The predicted molar refractivity (Wildman–Crippen MR) is 51.7 cm³/mol. The van der Waals surface area contributed by atoms with Crippen LogP contribution in [0.5, 0.6) is 0 Å². The maximum atomic E-state index is 8.20. The van der Waals surface area contributed by atoms with Crippen LogP contribution in [0.2, 0.25) is 0 Å². The van der Waals surface area contributed by atoms with Gasteiger partial charge < -0.3 is 0 Å². The quantitative estimate of drug-likeness (QED) is 0.418. The van der Waals surface area contributed by atoms with Gasteiger partial charge in [0.2, 0.25) is 0 Å². The Balaban J connectivity index is 2.89. The van der Waals surface area contributed by atoms with Gasteiger partial charge in [-0.05, 0) is 23.2 Å². The van der Waals surface area contributed by atoms with Gasteiger partial charge in [0.05, 0.1) is 6.04 Å². The third kappa shape index (κ3) is 2.26. The Morgan fingerprint density at radius 1 is 1.42 bits per heavy atom. The number of hydrogen-bond donors (Lipinski definition) is 0. The highest BCUT2D eigenvalue weighted by molar-refractivity contribution is 9.10. The Morgan fingerprint density at radius 3 is 2.50 bits per heavy atom. The monoisotopic (exact) mass is 225 g/mol. The molecule has 0 unspecified atom stereocenters. The van der Waals surface area contributed by atoms with Gasteiger partial charge in [-0.15, -0.1) is 0 Å². The fourth-order valence-electron chi connectivity index (χ4n) is 0.885. The van der Waals surface area contributed by atoms with E-state index in [-0.39, 0.29) is 6.04 Å². The smallest absolute Gasteiger partial charge is 0.0597 e. The lowest BCUT2D eigenvalue weighted by Crippen LogP contribution is -1.86. The molecule has 3 nitrogen and oxygen atoms in total. The van der Waals surface area contributed by atoms with Gasteiger partial charge in [0, 0.05) is 9.38 Å². The zero-order valence-corrected chi connectivity index (χ0v) is 8.19. The van der Waals surface area contributed by atoms with Crippen LogP contribution >= 0.6 is 15.9 Å². The second-order valence-corrected chi connectivity index (χ2v) is 3.35. The number of benzene rings is 1. The van der Waals surface area contributed by atoms with Crippen molar-refractivity contribution in [3.05, 3.63) is 44.7 Å². The molecular weight excluding hydrogens is 218 g/mol. The summed E-state index contributed by atoms with van der Waals surface area (Å²) in [5.74, 6) is 0. The van der Waals surface area contributed by atoms with Crippen molar-refractivity contribution >= 4 is 15.9 Å². The molecule has 1 rings (SSSR count). The molecule has 62 valence electrons. The van der Waals surface area contributed by atoms with Gasteiger partial charge >= 0.3 is 0 Å². The molecule has 0 aliphatic rings. The minimum atomic E-state index is -0.0944. The van der Waals surface area contributed by atoms with Crippen LogP contribution in [0.15, 0.2) is 33.9 Å². The lowest BCUT2D eigenvalue weighted by atomic mass is 10.1. The van der Waals surface area contributed by atoms with Crippen molar-refractivity contribution in [1.29, 1.82) is 0 Å². The average molecular weight is 226 g/mol. The molecule has 0 amide bonds. The summed E-state index contributed by atoms with van der Waals surface area (Å²) in [5, 5.41) is 3.59. The number of halogens is 1. The molecule has 0 spiro atoms. The molecule has 0 aliphatic heterocycles. The Bertz CT molecular complexity index is 301. The van der Waals surface area contributed by atoms with E-state index in [0.717, 1.165) is 10.0 Å². The highest BCUT2D eigenvalue weighted by Crippen LogP contribution is 2.19. The summed E-state index contributed by atoms with van der Waals surface area (Å²) in [4.78, 5) is 2.75. The fourth-order valence-corrected chi connectivity index (χ4v) is 1.15. The van der Waals surface area contributed by atoms with E-state index in [9.17, 15) is 0 Å². The maximum absolute atomic E-state index is 8.20. The van der Waals surface area contributed by atoms with Crippen molar-refractivity contribution in [3.63, 3.8) is 0 Å². The van der Waals surface area contributed by atoms with Gasteiger partial charge in [-0.2, -0.15) is 0 Å². The molecule has 0 radical (unpaired) electrons. The first-order valence-corrected chi connectivity index (χ1v) is 4.33. The first-order chi connectivity index (χ1) is 5.74. The van der Waals surface area contributed by atoms with E-state index < -0.39 is 0 Å². The van der Waals surface area contributed by atoms with E-state index in [1.807, 2.05) is 31.2 Å². The average Bonchev–Trinajstić information content (AvgIpc) is 2.06. The lowest BCUT2D eigenvalue weighted by Gasteiger charge is -2.03. The van der Waals surface area contributed by atoms with E-state index in [0.29, 0.717) is 0 Å². The molecule has 0 bridgehead atoms. The predicted octanol–water partition coefficient (Wildman–Crippen LogP) is 3.82. The van der Waals surface area contributed by atoms with Crippen LogP contribution < -0.4 is 0 Å². The van der Waals surface area contributed by atoms with Crippen molar-refractivity contribution in [1.82, 2.24) is 0 Å². The molecule has 1 aromatic carbocycles. The standard InChI is InChI=1S/C8H8BrN3/c1-6(11-12-10)7-2-4-8(9)5-3-7/h2-6H,1H3/t6-/m0/s1. The fraction of sp³-hybridized carbons (Fsp3) is 0.250. The molecule has 1 aromatic rings. The van der Waals surface area contributed by atoms with Crippen LogP contribution in [0, 0.1) is 0 Å². The maximum Gasteiger partial charge on any atom is 0.0597 e. The highest BCUT2D eigenvalue weighted by Gasteiger charge is 2.00. The summed E-state index contributed by atoms with van der Waals surface area (Å²) < 4.78 is 1.03. The largest absolute Gasteiger partial charge is 0.0862 e. The number of azide groups is 1. The van der Waals surface area contributed by atoms with Crippen LogP contribution in [0.1, 0.15) is 18.5 Å². The zero-order chi connectivity index (χ0) is 8.97. The molecule has 0 aromatic heterocycles. The summed E-state index contributed by atoms with van der Waals surface area (Å²) in [7, 11) is 0. The van der Waals surface area contributed by atoms with Crippen LogP contribution in [0.25, 0.3) is 10.4 Å². The third-order valence-corrected chi connectivity index (χ3v) is 2.11. The molecule has 12 heavy (non-hydrogen) atoms. The topological polar surface area (TPSA) is 48.8 Å². The molecule has 0 fully saturated rings. The minimum Gasteiger partial charge on any atom is -0.0862 e. The summed E-state index contributed by atoms with van der Waals surface area (Å²) in [5.41, 5.74) is 9.23. The Morgan fingerprint density at radius 2 is 2.00 bits per heavy atom. The second kappa shape index (κ2) is 4.14. The van der Waals surface area contributed by atoms with E-state index >= 15 is 0 Å². The third-order valence-electron chi connectivity index (χ3n) is 1.58. The minimum absolute atomic E-state index is 0.0944. The van der Waals surface area contributed by atoms with Crippen molar-refractivity contribution < 1.29 is 0 Å². The molecule has 0 saturated heterocycles. The molecular formula is C8H8BrN3. The first kappa shape index (κ1) is 9.10. The van der Waals surface area contributed by atoms with Gasteiger partial charge in [-0.1, -0.05) is 40.1 Å². The SMILES string of the molecule is C[C@H](N=[N+]=[N-])c1ccc(Br)cc1. The molecule has 4 heteroatoms. The molecule has 0 aliphatic carbocycles. The highest BCUT2D eigenvalue weighted by atomic mass is 79.9. The number of hydrogen-bond acceptors (Lipinski definition) is 1. The number of rotatable bonds is 2. The lowest BCUT2D eigenvalue weighted by molar-refractivity contribution is 0.807. The Kier molecular flexibility index (Phi) is 3.14.